The number of imide groups is 1. The number of hydrogen-bond donors (Lipinski definition) is 1. The van der Waals surface area contributed by atoms with E-state index in [0.717, 1.165) is 49.0 Å². The van der Waals surface area contributed by atoms with E-state index in [-0.39, 0.29) is 23.8 Å². The van der Waals surface area contributed by atoms with Gasteiger partial charge in [-0.2, -0.15) is 5.10 Å². The molecule has 1 aliphatic heterocycles. The van der Waals surface area contributed by atoms with Crippen LogP contribution in [0, 0.1) is 0 Å². The van der Waals surface area contributed by atoms with Crippen LogP contribution in [0.4, 0.5) is 5.82 Å². The molecule has 2 heterocycles. The van der Waals surface area contributed by atoms with Crippen LogP contribution in [-0.4, -0.2) is 38.4 Å². The van der Waals surface area contributed by atoms with E-state index in [1.807, 2.05) is 30.3 Å². The van der Waals surface area contributed by atoms with Gasteiger partial charge in [0.05, 0.1) is 22.5 Å². The van der Waals surface area contributed by atoms with Gasteiger partial charge in [0.15, 0.2) is 0 Å². The van der Waals surface area contributed by atoms with Crippen LogP contribution in [0.2, 0.25) is 0 Å². The van der Waals surface area contributed by atoms with E-state index < -0.39 is 0 Å². The number of hydrogen-bond acceptors (Lipinski definition) is 4. The van der Waals surface area contributed by atoms with Crippen LogP contribution >= 0.6 is 0 Å². The third-order valence-electron chi connectivity index (χ3n) is 6.23. The lowest BCUT2D eigenvalue weighted by Gasteiger charge is -2.11. The first-order valence-corrected chi connectivity index (χ1v) is 10.6. The zero-order valence-electron chi connectivity index (χ0n) is 16.8. The van der Waals surface area contributed by atoms with Gasteiger partial charge in [-0.1, -0.05) is 18.2 Å². The van der Waals surface area contributed by atoms with Gasteiger partial charge in [0.1, 0.15) is 5.82 Å². The minimum absolute atomic E-state index is 0.00693. The highest BCUT2D eigenvalue weighted by Gasteiger charge is 2.44. The fourth-order valence-corrected chi connectivity index (χ4v) is 4.52. The predicted molar refractivity (Wildman–Crippen MR) is 114 cm³/mol. The number of carbonyl (C=O) groups excluding carboxylic acids is 3. The number of rotatable bonds is 4. The van der Waals surface area contributed by atoms with Crippen molar-refractivity contribution in [2.24, 2.45) is 0 Å². The summed E-state index contributed by atoms with van der Waals surface area (Å²) >= 11 is 0. The predicted octanol–water partition coefficient (Wildman–Crippen LogP) is 3.37. The Hall–Kier alpha value is -3.74. The van der Waals surface area contributed by atoms with E-state index in [2.05, 4.69) is 5.32 Å². The van der Waals surface area contributed by atoms with E-state index in [0.29, 0.717) is 22.5 Å². The summed E-state index contributed by atoms with van der Waals surface area (Å²) in [7, 11) is 0. The van der Waals surface area contributed by atoms with Gasteiger partial charge < -0.3 is 5.32 Å². The van der Waals surface area contributed by atoms with Crippen LogP contribution in [0.25, 0.3) is 5.69 Å². The fraction of sp³-hybridized carbons (Fsp3) is 0.250. The molecule has 0 bridgehead atoms. The minimum atomic E-state index is -0.320. The Morgan fingerprint density at radius 3 is 2.52 bits per heavy atom. The molecular weight excluding hydrogens is 392 g/mol. The van der Waals surface area contributed by atoms with Crippen molar-refractivity contribution in [1.29, 1.82) is 0 Å². The standard InChI is InChI=1S/C24H20N4O3/c29-22(14-9-12-17-19(13-14)24(31)27(23(17)30)15-10-11-15)25-21-18-7-4-8-20(18)26-28(21)16-5-2-1-3-6-16/h1-3,5-6,9,12-13,15H,4,7-8,10-11H2,(H,25,29). The number of nitrogens with zero attached hydrogens (tertiary/aromatic N) is 3. The van der Waals surface area contributed by atoms with Crippen LogP contribution in [0.15, 0.2) is 48.5 Å². The van der Waals surface area contributed by atoms with Crippen molar-refractivity contribution in [3.8, 4) is 5.69 Å². The van der Waals surface area contributed by atoms with Gasteiger partial charge in [-0.05, 0) is 62.4 Å². The third-order valence-corrected chi connectivity index (χ3v) is 6.23. The Morgan fingerprint density at radius 1 is 0.968 bits per heavy atom. The van der Waals surface area contributed by atoms with Crippen molar-refractivity contribution in [2.45, 2.75) is 38.1 Å². The quantitative estimate of drug-likeness (QED) is 0.666. The van der Waals surface area contributed by atoms with E-state index in [1.54, 1.807) is 16.8 Å². The summed E-state index contributed by atoms with van der Waals surface area (Å²) in [5.41, 5.74) is 3.99. The molecular formula is C24H20N4O3. The molecule has 6 rings (SSSR count). The Morgan fingerprint density at radius 2 is 1.74 bits per heavy atom. The number of aromatic nitrogens is 2. The molecule has 0 radical (unpaired) electrons. The normalized spacial score (nSPS) is 17.1. The number of anilines is 1. The molecule has 0 spiro atoms. The maximum Gasteiger partial charge on any atom is 0.261 e. The first-order chi connectivity index (χ1) is 15.1. The average Bonchev–Trinajstić information content (AvgIpc) is 3.33. The van der Waals surface area contributed by atoms with Crippen LogP contribution in [0.1, 0.15) is 61.6 Å². The van der Waals surface area contributed by atoms with E-state index in [1.165, 1.54) is 11.0 Å². The van der Waals surface area contributed by atoms with Crippen molar-refractivity contribution in [1.82, 2.24) is 14.7 Å². The lowest BCUT2D eigenvalue weighted by atomic mass is 10.1. The number of amides is 3. The van der Waals surface area contributed by atoms with Crippen LogP contribution in [0.3, 0.4) is 0 Å². The molecule has 0 saturated heterocycles. The van der Waals surface area contributed by atoms with Crippen LogP contribution in [0.5, 0.6) is 0 Å². The molecule has 3 aromatic rings. The lowest BCUT2D eigenvalue weighted by Crippen LogP contribution is -2.31. The summed E-state index contributed by atoms with van der Waals surface area (Å²) in [6, 6.07) is 14.4. The molecule has 1 aromatic heterocycles. The summed E-state index contributed by atoms with van der Waals surface area (Å²) in [4.78, 5) is 39.8. The fourth-order valence-electron chi connectivity index (χ4n) is 4.52. The van der Waals surface area contributed by atoms with Crippen LogP contribution < -0.4 is 5.32 Å². The molecule has 3 amide bonds. The second-order valence-electron chi connectivity index (χ2n) is 8.30. The molecule has 0 atom stereocenters. The SMILES string of the molecule is O=C(Nc1c2c(nn1-c1ccccc1)CCC2)c1ccc2c(c1)C(=O)N(C1CC1)C2=O. The van der Waals surface area contributed by atoms with Crippen molar-refractivity contribution in [2.75, 3.05) is 5.32 Å². The summed E-state index contributed by atoms with van der Waals surface area (Å²) in [6.45, 7) is 0. The van der Waals surface area contributed by atoms with Crippen LogP contribution in [-0.2, 0) is 12.8 Å². The monoisotopic (exact) mass is 412 g/mol. The summed E-state index contributed by atoms with van der Waals surface area (Å²) < 4.78 is 1.78. The average molecular weight is 412 g/mol. The zero-order chi connectivity index (χ0) is 21.1. The number of nitrogens with one attached hydrogen (secondary N) is 1. The van der Waals surface area contributed by atoms with Gasteiger partial charge in [0.25, 0.3) is 17.7 Å². The molecule has 7 nitrogen and oxygen atoms in total. The second-order valence-corrected chi connectivity index (χ2v) is 8.30. The van der Waals surface area contributed by atoms with E-state index >= 15 is 0 Å². The Kier molecular flexibility index (Phi) is 3.86. The first-order valence-electron chi connectivity index (χ1n) is 10.6. The number of fused-ring (bicyclic) bond motifs is 2. The topological polar surface area (TPSA) is 84.3 Å². The van der Waals surface area contributed by atoms with Crippen molar-refractivity contribution in [3.05, 3.63) is 76.5 Å². The van der Waals surface area contributed by atoms with Gasteiger partial charge in [-0.25, -0.2) is 4.68 Å². The summed E-state index contributed by atoms with van der Waals surface area (Å²) in [5, 5.41) is 7.74. The number of aryl methyl sites for hydroxylation is 1. The van der Waals surface area contributed by atoms with Gasteiger partial charge in [-0.3, -0.25) is 19.3 Å². The van der Waals surface area contributed by atoms with Gasteiger partial charge >= 0.3 is 0 Å². The Labute approximate surface area is 178 Å². The minimum Gasteiger partial charge on any atom is -0.306 e. The van der Waals surface area contributed by atoms with Gasteiger partial charge in [0.2, 0.25) is 0 Å². The van der Waals surface area contributed by atoms with Gasteiger partial charge in [-0.15, -0.1) is 0 Å². The Bertz CT molecular complexity index is 1260. The first kappa shape index (κ1) is 18.1. The smallest absolute Gasteiger partial charge is 0.261 e. The Balaban J connectivity index is 1.34. The number of carbonyl (C=O) groups is 3. The molecule has 2 aromatic carbocycles. The molecule has 1 saturated carbocycles. The molecule has 31 heavy (non-hydrogen) atoms. The molecule has 154 valence electrons. The zero-order valence-corrected chi connectivity index (χ0v) is 16.8. The van der Waals surface area contributed by atoms with E-state index in [4.69, 9.17) is 5.10 Å². The van der Waals surface area contributed by atoms with Crippen molar-refractivity contribution >= 4 is 23.5 Å². The van der Waals surface area contributed by atoms with Crippen molar-refractivity contribution in [3.63, 3.8) is 0 Å². The molecule has 1 N–H and O–H groups in total. The molecule has 1 fully saturated rings. The number of benzene rings is 2. The molecule has 7 heteroatoms. The van der Waals surface area contributed by atoms with Crippen molar-refractivity contribution < 1.29 is 14.4 Å². The number of para-hydroxylation sites is 1. The highest BCUT2D eigenvalue weighted by Crippen LogP contribution is 2.35. The molecule has 3 aliphatic rings. The molecule has 0 unspecified atom stereocenters. The van der Waals surface area contributed by atoms with E-state index in [9.17, 15) is 14.4 Å². The maximum absolute atomic E-state index is 13.1. The highest BCUT2D eigenvalue weighted by molar-refractivity contribution is 6.22. The highest BCUT2D eigenvalue weighted by atomic mass is 16.2. The lowest BCUT2D eigenvalue weighted by molar-refractivity contribution is 0.0642. The van der Waals surface area contributed by atoms with Gasteiger partial charge in [0, 0.05) is 17.2 Å². The molecule has 2 aliphatic carbocycles. The summed E-state index contributed by atoms with van der Waals surface area (Å²) in [5.74, 6) is -0.201. The summed E-state index contributed by atoms with van der Waals surface area (Å²) in [6.07, 6.45) is 4.49. The maximum atomic E-state index is 13.1. The second kappa shape index (κ2) is 6.63. The largest absolute Gasteiger partial charge is 0.306 e. The third kappa shape index (κ3) is 2.80.